The molecule has 24 heavy (non-hydrogen) atoms. The van der Waals surface area contributed by atoms with Crippen LogP contribution in [0.15, 0.2) is 22.7 Å². The molecule has 0 aromatic carbocycles. The van der Waals surface area contributed by atoms with Crippen molar-refractivity contribution < 1.29 is 9.21 Å². The van der Waals surface area contributed by atoms with Gasteiger partial charge in [-0.1, -0.05) is 0 Å². The molecular weight excluding hydrogens is 324 g/mol. The molecular formula is C17H20N4O2S. The summed E-state index contributed by atoms with van der Waals surface area (Å²) >= 11 is 1.34. The molecule has 3 aromatic rings. The highest BCUT2D eigenvalue weighted by atomic mass is 32.1. The van der Waals surface area contributed by atoms with Crippen LogP contribution in [0.3, 0.4) is 0 Å². The number of nitrogens with one attached hydrogen (secondary N) is 1. The highest BCUT2D eigenvalue weighted by molar-refractivity contribution is 7.17. The van der Waals surface area contributed by atoms with E-state index < -0.39 is 0 Å². The van der Waals surface area contributed by atoms with E-state index in [1.807, 2.05) is 46.9 Å². The summed E-state index contributed by atoms with van der Waals surface area (Å²) in [6, 6.07) is 3.64. The van der Waals surface area contributed by atoms with Crippen molar-refractivity contribution in [3.8, 4) is 10.8 Å². The topological polar surface area (TPSA) is 73.0 Å². The molecule has 0 saturated heterocycles. The van der Waals surface area contributed by atoms with Gasteiger partial charge in [-0.05, 0) is 39.8 Å². The van der Waals surface area contributed by atoms with E-state index in [2.05, 4.69) is 15.4 Å². The van der Waals surface area contributed by atoms with Crippen LogP contribution in [0.5, 0.6) is 0 Å². The van der Waals surface area contributed by atoms with Crippen LogP contribution in [0.4, 0.5) is 0 Å². The summed E-state index contributed by atoms with van der Waals surface area (Å²) in [6.07, 6.45) is 1.79. The number of hydrogen-bond acceptors (Lipinski definition) is 5. The molecule has 0 aliphatic heterocycles. The third-order valence-electron chi connectivity index (χ3n) is 4.04. The maximum absolute atomic E-state index is 12.6. The molecule has 0 fully saturated rings. The molecule has 0 aliphatic rings. The third kappa shape index (κ3) is 2.99. The highest BCUT2D eigenvalue weighted by Gasteiger charge is 2.21. The molecule has 0 unspecified atom stereocenters. The molecule has 1 amide bonds. The minimum Gasteiger partial charge on any atom is -0.459 e. The number of amides is 1. The minimum atomic E-state index is -0.129. The molecule has 0 bridgehead atoms. The summed E-state index contributed by atoms with van der Waals surface area (Å²) in [5.74, 6) is 1.38. The molecule has 0 saturated carbocycles. The maximum Gasteiger partial charge on any atom is 0.263 e. The van der Waals surface area contributed by atoms with Crippen LogP contribution in [0.2, 0.25) is 0 Å². The summed E-state index contributed by atoms with van der Waals surface area (Å²) in [7, 11) is 1.89. The Labute approximate surface area is 144 Å². The molecule has 7 heteroatoms. The summed E-state index contributed by atoms with van der Waals surface area (Å²) in [6.45, 7) is 7.66. The number of aryl methyl sites for hydroxylation is 3. The Morgan fingerprint density at radius 3 is 2.67 bits per heavy atom. The number of hydrogen-bond donors (Lipinski definition) is 1. The van der Waals surface area contributed by atoms with Gasteiger partial charge >= 0.3 is 0 Å². The van der Waals surface area contributed by atoms with Crippen LogP contribution in [0.1, 0.15) is 45.3 Å². The zero-order valence-electron chi connectivity index (χ0n) is 14.4. The van der Waals surface area contributed by atoms with Gasteiger partial charge in [-0.3, -0.25) is 9.48 Å². The lowest BCUT2D eigenvalue weighted by molar-refractivity contribution is 0.0943. The predicted molar refractivity (Wildman–Crippen MR) is 93.1 cm³/mol. The molecule has 3 aromatic heterocycles. The Hall–Kier alpha value is -2.41. The lowest BCUT2D eigenvalue weighted by Gasteiger charge is -2.13. The van der Waals surface area contributed by atoms with Gasteiger partial charge in [-0.25, -0.2) is 4.98 Å². The smallest absolute Gasteiger partial charge is 0.263 e. The molecule has 3 rings (SSSR count). The van der Waals surface area contributed by atoms with E-state index in [0.717, 1.165) is 22.0 Å². The number of thiazole rings is 1. The van der Waals surface area contributed by atoms with Crippen LogP contribution < -0.4 is 5.32 Å². The first-order valence-corrected chi connectivity index (χ1v) is 8.52. The molecule has 1 N–H and O–H groups in total. The van der Waals surface area contributed by atoms with Gasteiger partial charge in [-0.2, -0.15) is 5.10 Å². The minimum absolute atomic E-state index is 0.123. The number of rotatable bonds is 4. The Morgan fingerprint density at radius 2 is 2.08 bits per heavy atom. The molecule has 126 valence electrons. The van der Waals surface area contributed by atoms with Crippen LogP contribution in [-0.4, -0.2) is 20.7 Å². The number of furan rings is 1. The van der Waals surface area contributed by atoms with Gasteiger partial charge in [0.2, 0.25) is 0 Å². The zero-order valence-corrected chi connectivity index (χ0v) is 15.2. The summed E-state index contributed by atoms with van der Waals surface area (Å²) < 4.78 is 7.39. The van der Waals surface area contributed by atoms with Crippen LogP contribution >= 0.6 is 11.3 Å². The largest absolute Gasteiger partial charge is 0.459 e. The van der Waals surface area contributed by atoms with Crippen LogP contribution in [0.25, 0.3) is 10.8 Å². The van der Waals surface area contributed by atoms with Gasteiger partial charge < -0.3 is 9.73 Å². The average Bonchev–Trinajstić information content (AvgIpc) is 3.20. The standard InChI is InChI=1S/C17H20N4O2S/c1-9-6-7-14(23-9)17-20-11(3)15(24-17)16(22)19-10(2)13-8-18-21(5)12(13)4/h6-8,10H,1-5H3,(H,19,22)/t10-/m1/s1. The second-order valence-corrected chi connectivity index (χ2v) is 6.85. The molecule has 0 spiro atoms. The normalized spacial score (nSPS) is 12.4. The molecule has 0 aliphatic carbocycles. The van der Waals surface area contributed by atoms with Gasteiger partial charge in [0.15, 0.2) is 10.8 Å². The van der Waals surface area contributed by atoms with E-state index in [9.17, 15) is 4.79 Å². The van der Waals surface area contributed by atoms with Crippen molar-refractivity contribution in [3.63, 3.8) is 0 Å². The van der Waals surface area contributed by atoms with Crippen LogP contribution in [0, 0.1) is 20.8 Å². The Kier molecular flexibility index (Phi) is 4.28. The van der Waals surface area contributed by atoms with E-state index in [1.54, 1.807) is 10.9 Å². The third-order valence-corrected chi connectivity index (χ3v) is 5.21. The quantitative estimate of drug-likeness (QED) is 0.785. The first-order valence-electron chi connectivity index (χ1n) is 7.70. The number of aromatic nitrogens is 3. The van der Waals surface area contributed by atoms with E-state index in [-0.39, 0.29) is 11.9 Å². The Bertz CT molecular complexity index is 890. The Morgan fingerprint density at radius 1 is 1.33 bits per heavy atom. The lowest BCUT2D eigenvalue weighted by Crippen LogP contribution is -2.26. The van der Waals surface area contributed by atoms with Gasteiger partial charge in [0.1, 0.15) is 10.6 Å². The van der Waals surface area contributed by atoms with Gasteiger partial charge in [0.25, 0.3) is 5.91 Å². The molecule has 1 atom stereocenters. The second-order valence-electron chi connectivity index (χ2n) is 5.85. The van der Waals surface area contributed by atoms with Crippen molar-refractivity contribution in [2.24, 2.45) is 7.05 Å². The SMILES string of the molecule is Cc1ccc(-c2nc(C)c(C(=O)N[C@H](C)c3cnn(C)c3C)s2)o1. The van der Waals surface area contributed by atoms with E-state index in [1.165, 1.54) is 11.3 Å². The van der Waals surface area contributed by atoms with Gasteiger partial charge in [-0.15, -0.1) is 11.3 Å². The molecule has 0 radical (unpaired) electrons. The molecule has 3 heterocycles. The average molecular weight is 344 g/mol. The number of carbonyl (C=O) groups excluding carboxylic acids is 1. The maximum atomic E-state index is 12.6. The summed E-state index contributed by atoms with van der Waals surface area (Å²) in [4.78, 5) is 17.7. The van der Waals surface area contributed by atoms with Gasteiger partial charge in [0, 0.05) is 18.3 Å². The first-order chi connectivity index (χ1) is 11.4. The lowest BCUT2D eigenvalue weighted by atomic mass is 10.1. The monoisotopic (exact) mass is 344 g/mol. The van der Waals surface area contributed by atoms with Crippen molar-refractivity contribution in [3.05, 3.63) is 45.9 Å². The number of nitrogens with zero attached hydrogens (tertiary/aromatic N) is 3. The predicted octanol–water partition coefficient (Wildman–Crippen LogP) is 3.55. The van der Waals surface area contributed by atoms with Crippen molar-refractivity contribution in [2.45, 2.75) is 33.7 Å². The second kappa shape index (κ2) is 6.24. The fraction of sp³-hybridized carbons (Fsp3) is 0.353. The number of carbonyl (C=O) groups is 1. The van der Waals surface area contributed by atoms with Crippen molar-refractivity contribution >= 4 is 17.2 Å². The fourth-order valence-electron chi connectivity index (χ4n) is 2.54. The highest BCUT2D eigenvalue weighted by Crippen LogP contribution is 2.29. The van der Waals surface area contributed by atoms with Crippen LogP contribution in [-0.2, 0) is 7.05 Å². The summed E-state index contributed by atoms with van der Waals surface area (Å²) in [5, 5.41) is 7.97. The van der Waals surface area contributed by atoms with E-state index in [4.69, 9.17) is 4.42 Å². The fourth-order valence-corrected chi connectivity index (χ4v) is 3.47. The summed E-state index contributed by atoms with van der Waals surface area (Å²) in [5.41, 5.74) is 2.75. The molecule has 6 nitrogen and oxygen atoms in total. The van der Waals surface area contributed by atoms with Crippen molar-refractivity contribution in [2.75, 3.05) is 0 Å². The van der Waals surface area contributed by atoms with E-state index in [0.29, 0.717) is 16.3 Å². The van der Waals surface area contributed by atoms with Crippen molar-refractivity contribution in [1.29, 1.82) is 0 Å². The first kappa shape index (κ1) is 16.4. The van der Waals surface area contributed by atoms with Gasteiger partial charge in [0.05, 0.1) is 17.9 Å². The Balaban J connectivity index is 1.80. The zero-order chi connectivity index (χ0) is 17.4. The van der Waals surface area contributed by atoms with Crippen molar-refractivity contribution in [1.82, 2.24) is 20.1 Å². The van der Waals surface area contributed by atoms with E-state index >= 15 is 0 Å².